The first kappa shape index (κ1) is 13.3. The number of aromatic amines is 1. The van der Waals surface area contributed by atoms with Crippen LogP contribution in [0.5, 0.6) is 11.5 Å². The quantitative estimate of drug-likeness (QED) is 0.714. The van der Waals surface area contributed by atoms with E-state index in [1.807, 2.05) is 36.5 Å². The van der Waals surface area contributed by atoms with Gasteiger partial charge in [-0.1, -0.05) is 0 Å². The highest BCUT2D eigenvalue weighted by atomic mass is 16.5. The molecule has 1 aromatic carbocycles. The summed E-state index contributed by atoms with van der Waals surface area (Å²) in [6.07, 6.45) is 1.89. The van der Waals surface area contributed by atoms with Gasteiger partial charge in [0.1, 0.15) is 6.61 Å². The van der Waals surface area contributed by atoms with Crippen molar-refractivity contribution in [2.45, 2.75) is 6.54 Å². The molecule has 19 heavy (non-hydrogen) atoms. The molecular weight excluding hydrogens is 244 g/mol. The van der Waals surface area contributed by atoms with Crippen LogP contribution in [0.2, 0.25) is 0 Å². The first-order valence-corrected chi connectivity index (χ1v) is 6.11. The summed E-state index contributed by atoms with van der Waals surface area (Å²) in [6.45, 7) is 0.929. The molecule has 0 radical (unpaired) electrons. The van der Waals surface area contributed by atoms with E-state index in [2.05, 4.69) is 10.3 Å². The van der Waals surface area contributed by atoms with Crippen molar-refractivity contribution < 1.29 is 14.6 Å². The van der Waals surface area contributed by atoms with E-state index >= 15 is 0 Å². The number of anilines is 1. The summed E-state index contributed by atoms with van der Waals surface area (Å²) in [5.74, 6) is 1.27. The van der Waals surface area contributed by atoms with E-state index in [1.165, 1.54) is 0 Å². The minimum absolute atomic E-state index is 0.0245. The summed E-state index contributed by atoms with van der Waals surface area (Å²) in [5, 5.41) is 12.1. The van der Waals surface area contributed by atoms with Crippen molar-refractivity contribution in [2.24, 2.45) is 0 Å². The number of rotatable bonds is 7. The number of aliphatic hydroxyl groups excluding tert-OH is 1. The zero-order valence-electron chi connectivity index (χ0n) is 10.8. The van der Waals surface area contributed by atoms with Crippen LogP contribution in [0, 0.1) is 0 Å². The van der Waals surface area contributed by atoms with Crippen LogP contribution in [0.3, 0.4) is 0 Å². The van der Waals surface area contributed by atoms with Gasteiger partial charge in [0.15, 0.2) is 11.5 Å². The van der Waals surface area contributed by atoms with Gasteiger partial charge in [-0.05, 0) is 24.3 Å². The Labute approximate surface area is 112 Å². The highest BCUT2D eigenvalue weighted by molar-refractivity contribution is 5.54. The summed E-state index contributed by atoms with van der Waals surface area (Å²) in [7, 11) is 1.59. The van der Waals surface area contributed by atoms with Crippen LogP contribution >= 0.6 is 0 Å². The summed E-state index contributed by atoms with van der Waals surface area (Å²) in [4.78, 5) is 3.13. The Morgan fingerprint density at radius 1 is 1.26 bits per heavy atom. The highest BCUT2D eigenvalue weighted by Gasteiger charge is 2.05. The molecule has 0 bridgehead atoms. The van der Waals surface area contributed by atoms with Gasteiger partial charge in [0, 0.05) is 23.6 Å². The van der Waals surface area contributed by atoms with Crippen molar-refractivity contribution in [3.8, 4) is 11.5 Å². The number of methoxy groups -OCH3 is 1. The summed E-state index contributed by atoms with van der Waals surface area (Å²) in [5.41, 5.74) is 2.04. The van der Waals surface area contributed by atoms with Crippen LogP contribution in [0.4, 0.5) is 5.69 Å². The zero-order chi connectivity index (χ0) is 13.5. The highest BCUT2D eigenvalue weighted by Crippen LogP contribution is 2.30. The molecule has 2 rings (SSSR count). The maximum Gasteiger partial charge on any atom is 0.163 e. The molecule has 0 spiro atoms. The second-order valence-electron chi connectivity index (χ2n) is 3.99. The summed E-state index contributed by atoms with van der Waals surface area (Å²) in [6, 6.07) is 9.59. The fourth-order valence-electron chi connectivity index (χ4n) is 1.73. The molecule has 0 aliphatic heterocycles. The van der Waals surface area contributed by atoms with Crippen LogP contribution in [-0.4, -0.2) is 30.4 Å². The third-order valence-electron chi connectivity index (χ3n) is 2.66. The van der Waals surface area contributed by atoms with E-state index in [1.54, 1.807) is 7.11 Å². The molecule has 0 fully saturated rings. The summed E-state index contributed by atoms with van der Waals surface area (Å²) < 4.78 is 10.6. The van der Waals surface area contributed by atoms with E-state index in [-0.39, 0.29) is 13.2 Å². The van der Waals surface area contributed by atoms with Gasteiger partial charge >= 0.3 is 0 Å². The number of benzene rings is 1. The molecule has 5 nitrogen and oxygen atoms in total. The van der Waals surface area contributed by atoms with Crippen LogP contribution < -0.4 is 14.8 Å². The third-order valence-corrected chi connectivity index (χ3v) is 2.66. The van der Waals surface area contributed by atoms with Crippen molar-refractivity contribution in [3.63, 3.8) is 0 Å². The molecule has 0 saturated carbocycles. The van der Waals surface area contributed by atoms with Crippen molar-refractivity contribution in [1.29, 1.82) is 0 Å². The average molecular weight is 262 g/mol. The van der Waals surface area contributed by atoms with Gasteiger partial charge in [-0.2, -0.15) is 0 Å². The summed E-state index contributed by atoms with van der Waals surface area (Å²) >= 11 is 0. The smallest absolute Gasteiger partial charge is 0.163 e. The lowest BCUT2D eigenvalue weighted by molar-refractivity contribution is 0.196. The number of hydrogen-bond acceptors (Lipinski definition) is 4. The van der Waals surface area contributed by atoms with Gasteiger partial charge in [0.05, 0.1) is 20.3 Å². The molecule has 5 heteroatoms. The van der Waals surface area contributed by atoms with Gasteiger partial charge in [-0.3, -0.25) is 0 Å². The first-order valence-electron chi connectivity index (χ1n) is 6.11. The van der Waals surface area contributed by atoms with Gasteiger partial charge in [-0.25, -0.2) is 0 Å². The molecule has 2 aromatic rings. The number of ether oxygens (including phenoxy) is 2. The van der Waals surface area contributed by atoms with E-state index < -0.39 is 0 Å². The fourth-order valence-corrected chi connectivity index (χ4v) is 1.73. The largest absolute Gasteiger partial charge is 0.493 e. The monoisotopic (exact) mass is 262 g/mol. The number of H-pyrrole nitrogens is 1. The van der Waals surface area contributed by atoms with E-state index in [4.69, 9.17) is 14.6 Å². The number of hydrogen-bond donors (Lipinski definition) is 3. The predicted octanol–water partition coefficient (Wildman–Crippen LogP) is 2.01. The van der Waals surface area contributed by atoms with E-state index in [9.17, 15) is 0 Å². The Kier molecular flexibility index (Phi) is 4.69. The molecule has 3 N–H and O–H groups in total. The van der Waals surface area contributed by atoms with Gasteiger partial charge in [0.2, 0.25) is 0 Å². The van der Waals surface area contributed by atoms with E-state index in [0.29, 0.717) is 18.0 Å². The molecule has 0 atom stereocenters. The molecule has 0 aliphatic carbocycles. The SMILES string of the molecule is COc1ccc(NCc2ccc[nH]2)cc1OCCO. The van der Waals surface area contributed by atoms with Crippen molar-refractivity contribution in [2.75, 3.05) is 25.6 Å². The van der Waals surface area contributed by atoms with Gasteiger partial charge in [0.25, 0.3) is 0 Å². The Balaban J connectivity index is 2.04. The molecule has 0 aliphatic rings. The molecule has 0 amide bonds. The normalized spacial score (nSPS) is 10.2. The topological polar surface area (TPSA) is 66.5 Å². The molecule has 0 saturated heterocycles. The first-order chi connectivity index (χ1) is 9.33. The standard InChI is InChI=1S/C14H18N2O3/c1-18-13-5-4-11(9-14(13)19-8-7-17)16-10-12-3-2-6-15-12/h2-6,9,15-17H,7-8,10H2,1H3. The number of nitrogens with one attached hydrogen (secondary N) is 2. The molecule has 1 heterocycles. The predicted molar refractivity (Wildman–Crippen MR) is 73.7 cm³/mol. The zero-order valence-corrected chi connectivity index (χ0v) is 10.8. The van der Waals surface area contributed by atoms with Crippen molar-refractivity contribution in [1.82, 2.24) is 4.98 Å². The Morgan fingerprint density at radius 2 is 2.16 bits per heavy atom. The van der Waals surface area contributed by atoms with Crippen LogP contribution in [-0.2, 0) is 6.54 Å². The maximum atomic E-state index is 8.80. The lowest BCUT2D eigenvalue weighted by Gasteiger charge is -2.12. The van der Waals surface area contributed by atoms with Crippen LogP contribution in [0.25, 0.3) is 0 Å². The Morgan fingerprint density at radius 3 is 2.84 bits per heavy atom. The van der Waals surface area contributed by atoms with Crippen molar-refractivity contribution in [3.05, 3.63) is 42.2 Å². The number of aromatic nitrogens is 1. The fraction of sp³-hybridized carbons (Fsp3) is 0.286. The van der Waals surface area contributed by atoms with Crippen LogP contribution in [0.1, 0.15) is 5.69 Å². The molecule has 1 aromatic heterocycles. The minimum Gasteiger partial charge on any atom is -0.493 e. The molecule has 102 valence electrons. The Hall–Kier alpha value is -2.14. The third kappa shape index (κ3) is 3.66. The lowest BCUT2D eigenvalue weighted by atomic mass is 10.2. The maximum absolute atomic E-state index is 8.80. The average Bonchev–Trinajstić information content (AvgIpc) is 2.96. The second-order valence-corrected chi connectivity index (χ2v) is 3.99. The Bertz CT molecular complexity index is 497. The second kappa shape index (κ2) is 6.70. The minimum atomic E-state index is -0.0245. The molecule has 0 unspecified atom stereocenters. The van der Waals surface area contributed by atoms with Gasteiger partial charge in [-0.15, -0.1) is 0 Å². The van der Waals surface area contributed by atoms with Gasteiger partial charge < -0.3 is 24.9 Å². The van der Waals surface area contributed by atoms with Crippen molar-refractivity contribution >= 4 is 5.69 Å². The lowest BCUT2D eigenvalue weighted by Crippen LogP contribution is -2.04. The number of aliphatic hydroxyl groups is 1. The van der Waals surface area contributed by atoms with Crippen LogP contribution in [0.15, 0.2) is 36.5 Å². The molecular formula is C14H18N2O3. The van der Waals surface area contributed by atoms with E-state index in [0.717, 1.165) is 11.4 Å².